The molecule has 8 heteroatoms. The van der Waals surface area contributed by atoms with E-state index in [0.717, 1.165) is 12.2 Å². The maximum atomic E-state index is 12.6. The largest absolute Gasteiger partial charge is 0.458 e. The lowest BCUT2D eigenvalue weighted by Gasteiger charge is -2.28. The molecule has 0 aromatic heterocycles. The molecule has 0 aromatic rings. The normalized spacial score (nSPS) is 14.9. The summed E-state index contributed by atoms with van der Waals surface area (Å²) in [5, 5.41) is 0. The van der Waals surface area contributed by atoms with E-state index in [1.54, 1.807) is 0 Å². The second-order valence-corrected chi connectivity index (χ2v) is 2.47. The number of ether oxygens (including phenoxy) is 1. The van der Waals surface area contributed by atoms with Gasteiger partial charge in [0.25, 0.3) is 0 Å². The van der Waals surface area contributed by atoms with Gasteiger partial charge in [0.1, 0.15) is 0 Å². The predicted molar refractivity (Wildman–Crippen MR) is 36.7 cm³/mol. The van der Waals surface area contributed by atoms with E-state index in [9.17, 15) is 30.7 Å². The standard InChI is InChI=1S/C7H7F7O/c1-2-3-4-15-5(8,6(9,10)11)7(12,13)14/h2-3H,4H2,1H3/b3-2+. The van der Waals surface area contributed by atoms with Crippen LogP contribution in [-0.4, -0.2) is 24.8 Å². The molecule has 0 amide bonds. The van der Waals surface area contributed by atoms with Gasteiger partial charge in [-0.1, -0.05) is 12.2 Å². The molecule has 0 bridgehead atoms. The van der Waals surface area contributed by atoms with Gasteiger partial charge in [0.05, 0.1) is 6.61 Å². The van der Waals surface area contributed by atoms with Gasteiger partial charge in [0, 0.05) is 0 Å². The van der Waals surface area contributed by atoms with Gasteiger partial charge in [-0.3, -0.25) is 0 Å². The van der Waals surface area contributed by atoms with Crippen LogP contribution in [0, 0.1) is 0 Å². The first-order valence-electron chi connectivity index (χ1n) is 3.63. The minimum absolute atomic E-state index is 0.825. The average molecular weight is 240 g/mol. The minimum atomic E-state index is -6.16. The summed E-state index contributed by atoms with van der Waals surface area (Å²) in [7, 11) is 0. The molecule has 0 radical (unpaired) electrons. The van der Waals surface area contributed by atoms with Gasteiger partial charge in [-0.05, 0) is 6.92 Å². The van der Waals surface area contributed by atoms with Crippen LogP contribution < -0.4 is 0 Å². The maximum absolute atomic E-state index is 12.6. The Hall–Kier alpha value is -0.790. The van der Waals surface area contributed by atoms with E-state index in [1.165, 1.54) is 6.92 Å². The van der Waals surface area contributed by atoms with Crippen LogP contribution in [-0.2, 0) is 4.74 Å². The minimum Gasteiger partial charge on any atom is -0.328 e. The van der Waals surface area contributed by atoms with Gasteiger partial charge in [-0.2, -0.15) is 30.7 Å². The van der Waals surface area contributed by atoms with Crippen LogP contribution in [0.25, 0.3) is 0 Å². The van der Waals surface area contributed by atoms with Crippen LogP contribution in [0.1, 0.15) is 6.92 Å². The molecular weight excluding hydrogens is 233 g/mol. The van der Waals surface area contributed by atoms with E-state index >= 15 is 0 Å². The van der Waals surface area contributed by atoms with Gasteiger partial charge in [-0.25, -0.2) is 0 Å². The summed E-state index contributed by atoms with van der Waals surface area (Å²) < 4.78 is 86.5. The number of rotatable bonds is 3. The van der Waals surface area contributed by atoms with Crippen LogP contribution in [0.2, 0.25) is 0 Å². The van der Waals surface area contributed by atoms with Crippen molar-refractivity contribution in [2.24, 2.45) is 0 Å². The summed E-state index contributed by atoms with van der Waals surface area (Å²) in [5.41, 5.74) is 0. The van der Waals surface area contributed by atoms with Crippen molar-refractivity contribution in [3.63, 3.8) is 0 Å². The molecule has 0 aliphatic heterocycles. The molecule has 90 valence electrons. The highest BCUT2D eigenvalue weighted by molar-refractivity contribution is 4.87. The molecule has 0 aliphatic carbocycles. The van der Waals surface area contributed by atoms with Gasteiger partial charge >= 0.3 is 18.2 Å². The molecule has 0 N–H and O–H groups in total. The van der Waals surface area contributed by atoms with Crippen molar-refractivity contribution < 1.29 is 35.5 Å². The Labute approximate surface area is 80.5 Å². The van der Waals surface area contributed by atoms with E-state index < -0.39 is 24.8 Å². The third-order valence-electron chi connectivity index (χ3n) is 1.34. The summed E-state index contributed by atoms with van der Waals surface area (Å²) in [6.45, 7) is 0.219. The van der Waals surface area contributed by atoms with Gasteiger partial charge in [0.15, 0.2) is 0 Å². The lowest BCUT2D eigenvalue weighted by Crippen LogP contribution is -2.55. The van der Waals surface area contributed by atoms with Crippen LogP contribution >= 0.6 is 0 Å². The molecule has 1 nitrogen and oxygen atoms in total. The molecular formula is C7H7F7O. The molecule has 0 aromatic carbocycles. The van der Waals surface area contributed by atoms with Crippen molar-refractivity contribution in [3.8, 4) is 0 Å². The summed E-state index contributed by atoms with van der Waals surface area (Å²) in [4.78, 5) is 0. The van der Waals surface area contributed by atoms with E-state index in [1.807, 2.05) is 0 Å². The van der Waals surface area contributed by atoms with Crippen molar-refractivity contribution >= 4 is 0 Å². The van der Waals surface area contributed by atoms with E-state index in [4.69, 9.17) is 0 Å². The fourth-order valence-electron chi connectivity index (χ4n) is 0.584. The lowest BCUT2D eigenvalue weighted by molar-refractivity contribution is -0.427. The Bertz CT molecular complexity index is 212. The van der Waals surface area contributed by atoms with E-state index in [0.29, 0.717) is 0 Å². The topological polar surface area (TPSA) is 9.23 Å². The van der Waals surface area contributed by atoms with Crippen molar-refractivity contribution in [1.82, 2.24) is 0 Å². The third-order valence-corrected chi connectivity index (χ3v) is 1.34. The monoisotopic (exact) mass is 240 g/mol. The Morgan fingerprint density at radius 1 is 0.933 bits per heavy atom. The molecule has 0 saturated carbocycles. The van der Waals surface area contributed by atoms with E-state index in [-0.39, 0.29) is 0 Å². The number of hydrogen-bond acceptors (Lipinski definition) is 1. The zero-order valence-electron chi connectivity index (χ0n) is 7.42. The quantitative estimate of drug-likeness (QED) is 0.542. The Morgan fingerprint density at radius 3 is 1.60 bits per heavy atom. The van der Waals surface area contributed by atoms with Crippen LogP contribution in [0.15, 0.2) is 12.2 Å². The average Bonchev–Trinajstić information content (AvgIpc) is 2.00. The Kier molecular flexibility index (Phi) is 4.15. The lowest BCUT2D eigenvalue weighted by atomic mass is 10.3. The van der Waals surface area contributed by atoms with Crippen LogP contribution in [0.4, 0.5) is 30.7 Å². The second kappa shape index (κ2) is 4.38. The van der Waals surface area contributed by atoms with Gasteiger partial charge < -0.3 is 4.74 Å². The number of alkyl halides is 7. The highest BCUT2D eigenvalue weighted by atomic mass is 19.4. The van der Waals surface area contributed by atoms with Gasteiger partial charge in [-0.15, -0.1) is 0 Å². The molecule has 0 spiro atoms. The number of hydrogen-bond donors (Lipinski definition) is 0. The van der Waals surface area contributed by atoms with Crippen LogP contribution in [0.3, 0.4) is 0 Å². The van der Waals surface area contributed by atoms with Crippen molar-refractivity contribution in [1.29, 1.82) is 0 Å². The Morgan fingerprint density at radius 2 is 1.33 bits per heavy atom. The molecule has 15 heavy (non-hydrogen) atoms. The molecule has 0 saturated heterocycles. The zero-order chi connectivity index (χ0) is 12.3. The summed E-state index contributed by atoms with van der Waals surface area (Å²) in [5.74, 6) is -5.63. The molecule has 0 rings (SSSR count). The second-order valence-electron chi connectivity index (χ2n) is 2.47. The first kappa shape index (κ1) is 14.2. The number of allylic oxidation sites excluding steroid dienone is 1. The summed E-state index contributed by atoms with van der Waals surface area (Å²) in [6.07, 6.45) is -10.4. The SMILES string of the molecule is C/C=C/COC(F)(C(F)(F)F)C(F)(F)F. The summed E-state index contributed by atoms with van der Waals surface area (Å²) in [6, 6.07) is 0. The maximum Gasteiger partial charge on any atom is 0.458 e. The Balaban J connectivity index is 4.89. The van der Waals surface area contributed by atoms with Crippen molar-refractivity contribution in [2.75, 3.05) is 6.61 Å². The zero-order valence-corrected chi connectivity index (χ0v) is 7.42. The molecule has 0 aliphatic rings. The molecule has 0 atom stereocenters. The molecule has 0 fully saturated rings. The highest BCUT2D eigenvalue weighted by Crippen LogP contribution is 2.46. The fraction of sp³-hybridized carbons (Fsp3) is 0.714. The van der Waals surface area contributed by atoms with E-state index in [2.05, 4.69) is 4.74 Å². The third kappa shape index (κ3) is 3.08. The summed E-state index contributed by atoms with van der Waals surface area (Å²) >= 11 is 0. The predicted octanol–water partition coefficient (Wildman–Crippen LogP) is 3.37. The van der Waals surface area contributed by atoms with Crippen LogP contribution in [0.5, 0.6) is 0 Å². The smallest absolute Gasteiger partial charge is 0.328 e. The first-order valence-corrected chi connectivity index (χ1v) is 3.63. The van der Waals surface area contributed by atoms with Crippen molar-refractivity contribution in [3.05, 3.63) is 12.2 Å². The first-order chi connectivity index (χ1) is 6.56. The fourth-order valence-corrected chi connectivity index (χ4v) is 0.584. The number of halogens is 7. The van der Waals surface area contributed by atoms with Crippen molar-refractivity contribution in [2.45, 2.75) is 25.1 Å². The highest BCUT2D eigenvalue weighted by Gasteiger charge is 2.74. The van der Waals surface area contributed by atoms with Gasteiger partial charge in [0.2, 0.25) is 0 Å². The molecule has 0 heterocycles. The molecule has 0 unspecified atom stereocenters.